The molecular formula is C10H10BrNO2. The fourth-order valence-corrected chi connectivity index (χ4v) is 2.00. The summed E-state index contributed by atoms with van der Waals surface area (Å²) < 4.78 is 6.39. The molecule has 1 amide bonds. The number of nitrogens with two attached hydrogens (primary N) is 1. The number of hydrogen-bond acceptors (Lipinski definition) is 2. The summed E-state index contributed by atoms with van der Waals surface area (Å²) in [7, 11) is 0. The molecule has 1 aromatic carbocycles. The molecule has 0 fully saturated rings. The number of primary amides is 1. The van der Waals surface area contributed by atoms with E-state index in [1.54, 1.807) is 0 Å². The largest absolute Gasteiger partial charge is 0.493 e. The molecule has 0 radical (unpaired) electrons. The number of halogens is 1. The van der Waals surface area contributed by atoms with E-state index >= 15 is 0 Å². The van der Waals surface area contributed by atoms with Crippen LogP contribution in [0.3, 0.4) is 0 Å². The lowest BCUT2D eigenvalue weighted by molar-refractivity contribution is -0.120. The van der Waals surface area contributed by atoms with Gasteiger partial charge in [-0.25, -0.2) is 0 Å². The van der Waals surface area contributed by atoms with Crippen molar-refractivity contribution in [2.75, 3.05) is 6.61 Å². The molecule has 1 atom stereocenters. The van der Waals surface area contributed by atoms with E-state index in [9.17, 15) is 4.79 Å². The highest BCUT2D eigenvalue weighted by Crippen LogP contribution is 2.35. The molecule has 1 aromatic rings. The first-order valence-electron chi connectivity index (χ1n) is 4.40. The average Bonchev–Trinajstić information content (AvgIpc) is 2.16. The van der Waals surface area contributed by atoms with E-state index in [-0.39, 0.29) is 11.8 Å². The third kappa shape index (κ3) is 1.62. The molecule has 0 aliphatic carbocycles. The van der Waals surface area contributed by atoms with Crippen LogP contribution in [0.5, 0.6) is 5.75 Å². The number of carbonyl (C=O) groups excluding carboxylic acids is 1. The summed E-state index contributed by atoms with van der Waals surface area (Å²) in [6, 6.07) is 5.64. The van der Waals surface area contributed by atoms with Gasteiger partial charge in [-0.15, -0.1) is 0 Å². The number of carbonyl (C=O) groups is 1. The van der Waals surface area contributed by atoms with Crippen LogP contribution in [0.4, 0.5) is 0 Å². The minimum Gasteiger partial charge on any atom is -0.493 e. The fourth-order valence-electron chi connectivity index (χ4n) is 1.66. The lowest BCUT2D eigenvalue weighted by atomic mass is 9.93. The summed E-state index contributed by atoms with van der Waals surface area (Å²) in [5.74, 6) is 0.276. The van der Waals surface area contributed by atoms with Crippen LogP contribution >= 0.6 is 15.9 Å². The molecule has 0 spiro atoms. The van der Waals surface area contributed by atoms with E-state index in [0.29, 0.717) is 13.0 Å². The van der Waals surface area contributed by atoms with Crippen LogP contribution in [0, 0.1) is 0 Å². The predicted molar refractivity (Wildman–Crippen MR) is 56.2 cm³/mol. The molecule has 1 heterocycles. The summed E-state index contributed by atoms with van der Waals surface area (Å²) in [5.41, 5.74) is 6.21. The highest BCUT2D eigenvalue weighted by Gasteiger charge is 2.25. The van der Waals surface area contributed by atoms with Gasteiger partial charge in [0.2, 0.25) is 5.91 Å². The minimum absolute atomic E-state index is 0.202. The Morgan fingerprint density at radius 1 is 1.57 bits per heavy atom. The van der Waals surface area contributed by atoms with Crippen LogP contribution in [0.2, 0.25) is 0 Å². The van der Waals surface area contributed by atoms with Crippen molar-refractivity contribution in [3.63, 3.8) is 0 Å². The Kier molecular flexibility index (Phi) is 2.46. The third-order valence-corrected chi connectivity index (χ3v) is 2.85. The molecule has 4 heteroatoms. The minimum atomic E-state index is -0.281. The lowest BCUT2D eigenvalue weighted by Gasteiger charge is -2.23. The highest BCUT2D eigenvalue weighted by molar-refractivity contribution is 9.10. The van der Waals surface area contributed by atoms with Gasteiger partial charge in [0.25, 0.3) is 0 Å². The van der Waals surface area contributed by atoms with Crippen LogP contribution in [-0.4, -0.2) is 12.5 Å². The molecule has 0 saturated carbocycles. The number of fused-ring (bicyclic) bond motifs is 1. The van der Waals surface area contributed by atoms with Crippen molar-refractivity contribution in [1.29, 1.82) is 0 Å². The summed E-state index contributed by atoms with van der Waals surface area (Å²) in [5, 5.41) is 0. The van der Waals surface area contributed by atoms with Crippen molar-refractivity contribution < 1.29 is 9.53 Å². The zero-order valence-electron chi connectivity index (χ0n) is 7.50. The maximum atomic E-state index is 11.2. The van der Waals surface area contributed by atoms with Crippen molar-refractivity contribution in [1.82, 2.24) is 0 Å². The molecule has 2 rings (SSSR count). The molecule has 1 aliphatic heterocycles. The van der Waals surface area contributed by atoms with Crippen LogP contribution in [0.15, 0.2) is 22.7 Å². The second kappa shape index (κ2) is 3.61. The number of amides is 1. The Morgan fingerprint density at radius 2 is 2.36 bits per heavy atom. The van der Waals surface area contributed by atoms with Crippen LogP contribution in [0.25, 0.3) is 0 Å². The average molecular weight is 256 g/mol. The van der Waals surface area contributed by atoms with Crippen molar-refractivity contribution in [2.45, 2.75) is 12.3 Å². The van der Waals surface area contributed by atoms with Gasteiger partial charge < -0.3 is 10.5 Å². The van der Waals surface area contributed by atoms with Crippen molar-refractivity contribution in [3.8, 4) is 5.75 Å². The van der Waals surface area contributed by atoms with Gasteiger partial charge >= 0.3 is 0 Å². The Balaban J connectivity index is 2.44. The smallest absolute Gasteiger partial charge is 0.225 e. The number of rotatable bonds is 1. The van der Waals surface area contributed by atoms with E-state index in [1.165, 1.54) is 0 Å². The fraction of sp³-hybridized carbons (Fsp3) is 0.300. The second-order valence-electron chi connectivity index (χ2n) is 3.27. The molecule has 74 valence electrons. The van der Waals surface area contributed by atoms with E-state index in [0.717, 1.165) is 15.8 Å². The van der Waals surface area contributed by atoms with Gasteiger partial charge in [0.05, 0.1) is 12.5 Å². The van der Waals surface area contributed by atoms with Gasteiger partial charge in [0.1, 0.15) is 5.75 Å². The lowest BCUT2D eigenvalue weighted by Crippen LogP contribution is -2.26. The van der Waals surface area contributed by atoms with Gasteiger partial charge in [-0.05, 0) is 18.6 Å². The molecule has 3 nitrogen and oxygen atoms in total. The van der Waals surface area contributed by atoms with Gasteiger partial charge in [0, 0.05) is 10.0 Å². The molecule has 0 aromatic heterocycles. The normalized spacial score (nSPS) is 19.6. The number of benzene rings is 1. The van der Waals surface area contributed by atoms with Crippen LogP contribution in [0.1, 0.15) is 17.9 Å². The predicted octanol–water partition coefficient (Wildman–Crippen LogP) is 1.80. The quantitative estimate of drug-likeness (QED) is 0.832. The third-order valence-electron chi connectivity index (χ3n) is 2.36. The Bertz CT molecular complexity index is 378. The highest BCUT2D eigenvalue weighted by atomic mass is 79.9. The van der Waals surface area contributed by atoms with Crippen molar-refractivity contribution >= 4 is 21.8 Å². The molecule has 0 bridgehead atoms. The number of ether oxygens (including phenoxy) is 1. The van der Waals surface area contributed by atoms with E-state index in [1.807, 2.05) is 18.2 Å². The van der Waals surface area contributed by atoms with Gasteiger partial charge in [-0.2, -0.15) is 0 Å². The maximum Gasteiger partial charge on any atom is 0.225 e. The van der Waals surface area contributed by atoms with E-state index < -0.39 is 0 Å². The monoisotopic (exact) mass is 255 g/mol. The maximum absolute atomic E-state index is 11.2. The first-order chi connectivity index (χ1) is 6.68. The summed E-state index contributed by atoms with van der Waals surface area (Å²) in [4.78, 5) is 11.2. The molecule has 0 unspecified atom stereocenters. The zero-order valence-corrected chi connectivity index (χ0v) is 9.08. The van der Waals surface area contributed by atoms with Crippen LogP contribution in [-0.2, 0) is 4.79 Å². The summed E-state index contributed by atoms with van der Waals surface area (Å²) in [6.07, 6.45) is 0.671. The molecule has 14 heavy (non-hydrogen) atoms. The van der Waals surface area contributed by atoms with Crippen LogP contribution < -0.4 is 10.5 Å². The summed E-state index contributed by atoms with van der Waals surface area (Å²) >= 11 is 3.35. The topological polar surface area (TPSA) is 52.3 Å². The standard InChI is InChI=1S/C10H10BrNO2/c11-6-1-2-7-8(10(12)13)3-4-14-9(7)5-6/h1-2,5,8H,3-4H2,(H2,12,13)/t8-/m1/s1. The van der Waals surface area contributed by atoms with Gasteiger partial charge in [0.15, 0.2) is 0 Å². The van der Waals surface area contributed by atoms with Crippen molar-refractivity contribution in [2.24, 2.45) is 5.73 Å². The molecular weight excluding hydrogens is 246 g/mol. The first-order valence-corrected chi connectivity index (χ1v) is 5.19. The second-order valence-corrected chi connectivity index (χ2v) is 4.19. The Hall–Kier alpha value is -1.03. The van der Waals surface area contributed by atoms with E-state index in [2.05, 4.69) is 15.9 Å². The SMILES string of the molecule is NC(=O)[C@@H]1CCOc2cc(Br)ccc21. The zero-order chi connectivity index (χ0) is 10.1. The molecule has 2 N–H and O–H groups in total. The van der Waals surface area contributed by atoms with Crippen molar-refractivity contribution in [3.05, 3.63) is 28.2 Å². The Labute approximate surface area is 90.4 Å². The van der Waals surface area contributed by atoms with E-state index in [4.69, 9.17) is 10.5 Å². The van der Waals surface area contributed by atoms with Gasteiger partial charge in [-0.1, -0.05) is 22.0 Å². The molecule has 1 aliphatic rings. The Morgan fingerprint density at radius 3 is 3.07 bits per heavy atom. The van der Waals surface area contributed by atoms with Gasteiger partial charge in [-0.3, -0.25) is 4.79 Å². The summed E-state index contributed by atoms with van der Waals surface area (Å²) in [6.45, 7) is 0.553. The first kappa shape index (κ1) is 9.52. The number of hydrogen-bond donors (Lipinski definition) is 1. The molecule has 0 saturated heterocycles.